The van der Waals surface area contributed by atoms with E-state index in [-0.39, 0.29) is 5.78 Å². The third kappa shape index (κ3) is 1.92. The molecule has 0 spiro atoms. The highest BCUT2D eigenvalue weighted by atomic mass is 16.3. The van der Waals surface area contributed by atoms with Crippen molar-refractivity contribution in [1.82, 2.24) is 0 Å². The van der Waals surface area contributed by atoms with Gasteiger partial charge >= 0.3 is 0 Å². The summed E-state index contributed by atoms with van der Waals surface area (Å²) in [6, 6.07) is 21.1. The van der Waals surface area contributed by atoms with Gasteiger partial charge in [0, 0.05) is 21.9 Å². The average molecular weight is 286 g/mol. The first-order valence-corrected chi connectivity index (χ1v) is 7.26. The van der Waals surface area contributed by atoms with Crippen molar-refractivity contribution < 1.29 is 9.21 Å². The fourth-order valence-corrected chi connectivity index (χ4v) is 2.82. The molecule has 0 aliphatic heterocycles. The normalized spacial score (nSPS) is 11.1. The molecule has 0 N–H and O–H groups in total. The number of hydrogen-bond acceptors (Lipinski definition) is 2. The Morgan fingerprint density at radius 2 is 1.55 bits per heavy atom. The summed E-state index contributed by atoms with van der Waals surface area (Å²) in [5, 5.41) is 1.87. The number of para-hydroxylation sites is 1. The monoisotopic (exact) mass is 286 g/mol. The fraction of sp³-hybridized carbons (Fsp3) is 0.0500. The molecule has 0 atom stereocenters. The minimum atomic E-state index is 0.0251. The predicted octanol–water partition coefficient (Wildman–Crippen LogP) is 5.13. The Balaban J connectivity index is 1.98. The molecule has 4 aromatic rings. The van der Waals surface area contributed by atoms with Crippen LogP contribution in [-0.4, -0.2) is 5.78 Å². The van der Waals surface area contributed by atoms with Gasteiger partial charge in [-0.3, -0.25) is 4.79 Å². The second kappa shape index (κ2) is 4.85. The zero-order chi connectivity index (χ0) is 15.1. The van der Waals surface area contributed by atoms with E-state index in [4.69, 9.17) is 4.42 Å². The van der Waals surface area contributed by atoms with Gasteiger partial charge in [0.15, 0.2) is 5.78 Å². The third-order valence-electron chi connectivity index (χ3n) is 3.96. The summed E-state index contributed by atoms with van der Waals surface area (Å²) in [5.74, 6) is 0.0251. The van der Waals surface area contributed by atoms with E-state index in [1.165, 1.54) is 0 Å². The maximum atomic E-state index is 12.9. The Morgan fingerprint density at radius 3 is 2.36 bits per heavy atom. The average Bonchev–Trinajstić information content (AvgIpc) is 2.93. The summed E-state index contributed by atoms with van der Waals surface area (Å²) < 4.78 is 5.85. The number of benzene rings is 3. The molecule has 106 valence electrons. The molecule has 0 fully saturated rings. The van der Waals surface area contributed by atoms with Crippen molar-refractivity contribution >= 4 is 27.7 Å². The van der Waals surface area contributed by atoms with Crippen LogP contribution in [0.25, 0.3) is 21.9 Å². The number of rotatable bonds is 2. The van der Waals surface area contributed by atoms with E-state index < -0.39 is 0 Å². The summed E-state index contributed by atoms with van der Waals surface area (Å²) >= 11 is 0. The summed E-state index contributed by atoms with van der Waals surface area (Å²) in [5.41, 5.74) is 4.08. The van der Waals surface area contributed by atoms with Crippen molar-refractivity contribution in [2.45, 2.75) is 6.92 Å². The number of hydrogen-bond donors (Lipinski definition) is 0. The molecule has 1 heterocycles. The Morgan fingerprint density at radius 1 is 0.818 bits per heavy atom. The first-order chi connectivity index (χ1) is 10.7. The van der Waals surface area contributed by atoms with Crippen molar-refractivity contribution in [2.24, 2.45) is 0 Å². The summed E-state index contributed by atoms with van der Waals surface area (Å²) in [6.07, 6.45) is 0. The topological polar surface area (TPSA) is 30.2 Å². The van der Waals surface area contributed by atoms with Crippen molar-refractivity contribution in [3.05, 3.63) is 83.4 Å². The highest BCUT2D eigenvalue weighted by Crippen LogP contribution is 2.32. The zero-order valence-electron chi connectivity index (χ0n) is 12.2. The first-order valence-electron chi connectivity index (χ1n) is 7.26. The lowest BCUT2D eigenvalue weighted by atomic mass is 9.98. The van der Waals surface area contributed by atoms with Crippen LogP contribution < -0.4 is 0 Å². The van der Waals surface area contributed by atoms with Gasteiger partial charge in [-0.2, -0.15) is 0 Å². The van der Waals surface area contributed by atoms with Gasteiger partial charge in [0.25, 0.3) is 0 Å². The molecule has 0 bridgehead atoms. The Kier molecular flexibility index (Phi) is 2.83. The minimum Gasteiger partial charge on any atom is -0.456 e. The van der Waals surface area contributed by atoms with Gasteiger partial charge < -0.3 is 4.42 Å². The Hall–Kier alpha value is -2.87. The highest BCUT2D eigenvalue weighted by molar-refractivity contribution is 6.21. The Labute approximate surface area is 128 Å². The van der Waals surface area contributed by atoms with Crippen LogP contribution in [0.2, 0.25) is 0 Å². The van der Waals surface area contributed by atoms with Gasteiger partial charge in [-0.15, -0.1) is 0 Å². The molecule has 3 aromatic carbocycles. The van der Waals surface area contributed by atoms with Gasteiger partial charge in [-0.05, 0) is 19.1 Å². The number of aryl methyl sites for hydroxylation is 1. The number of carbonyl (C=O) groups excluding carboxylic acids is 1. The molecule has 0 saturated heterocycles. The van der Waals surface area contributed by atoms with Gasteiger partial charge in [0.05, 0.1) is 0 Å². The largest absolute Gasteiger partial charge is 0.456 e. The molecule has 1 aromatic heterocycles. The van der Waals surface area contributed by atoms with Crippen LogP contribution in [0.1, 0.15) is 21.5 Å². The van der Waals surface area contributed by atoms with Crippen LogP contribution in [0.4, 0.5) is 0 Å². The molecule has 0 radical (unpaired) electrons. The lowest BCUT2D eigenvalue weighted by Crippen LogP contribution is -2.01. The van der Waals surface area contributed by atoms with Crippen LogP contribution >= 0.6 is 0 Å². The maximum absolute atomic E-state index is 12.9. The third-order valence-corrected chi connectivity index (χ3v) is 3.96. The quantitative estimate of drug-likeness (QED) is 0.478. The molecule has 4 rings (SSSR count). The standard InChI is InChI=1S/C20H14O2/c1-13-9-11-14(12-10-13)20(21)16-6-4-8-18-19(16)15-5-2-3-7-17(15)22-18/h2-12H,1H3. The molecular weight excluding hydrogens is 272 g/mol. The molecule has 2 heteroatoms. The first kappa shape index (κ1) is 12.8. The van der Waals surface area contributed by atoms with E-state index in [9.17, 15) is 4.79 Å². The number of fused-ring (bicyclic) bond motifs is 3. The SMILES string of the molecule is Cc1ccc(C(=O)c2cccc3oc4ccccc4c23)cc1. The van der Waals surface area contributed by atoms with E-state index in [0.717, 1.165) is 27.5 Å². The van der Waals surface area contributed by atoms with Gasteiger partial charge in [-0.1, -0.05) is 60.2 Å². The Bertz CT molecular complexity index is 991. The van der Waals surface area contributed by atoms with Crippen molar-refractivity contribution in [3.8, 4) is 0 Å². The van der Waals surface area contributed by atoms with Gasteiger partial charge in [0.1, 0.15) is 11.2 Å². The fourth-order valence-electron chi connectivity index (χ4n) is 2.82. The summed E-state index contributed by atoms with van der Waals surface area (Å²) in [4.78, 5) is 12.9. The van der Waals surface area contributed by atoms with E-state index >= 15 is 0 Å². The van der Waals surface area contributed by atoms with Crippen molar-refractivity contribution in [3.63, 3.8) is 0 Å². The lowest BCUT2D eigenvalue weighted by Gasteiger charge is -2.03. The molecule has 0 amide bonds. The molecule has 0 aliphatic carbocycles. The number of ketones is 1. The molecule has 22 heavy (non-hydrogen) atoms. The molecule has 0 aliphatic rings. The maximum Gasteiger partial charge on any atom is 0.193 e. The summed E-state index contributed by atoms with van der Waals surface area (Å²) in [6.45, 7) is 2.01. The van der Waals surface area contributed by atoms with Gasteiger partial charge in [-0.25, -0.2) is 0 Å². The second-order valence-electron chi connectivity index (χ2n) is 5.47. The molecule has 0 unspecified atom stereocenters. The minimum absolute atomic E-state index is 0.0251. The van der Waals surface area contributed by atoms with E-state index in [2.05, 4.69) is 0 Å². The van der Waals surface area contributed by atoms with E-state index in [1.807, 2.05) is 73.7 Å². The molecule has 2 nitrogen and oxygen atoms in total. The van der Waals surface area contributed by atoms with Crippen LogP contribution in [0.5, 0.6) is 0 Å². The number of carbonyl (C=O) groups is 1. The summed E-state index contributed by atoms with van der Waals surface area (Å²) in [7, 11) is 0. The van der Waals surface area contributed by atoms with Crippen LogP contribution in [0, 0.1) is 6.92 Å². The molecule has 0 saturated carbocycles. The van der Waals surface area contributed by atoms with Crippen LogP contribution in [-0.2, 0) is 0 Å². The van der Waals surface area contributed by atoms with E-state index in [1.54, 1.807) is 0 Å². The zero-order valence-corrected chi connectivity index (χ0v) is 12.2. The highest BCUT2D eigenvalue weighted by Gasteiger charge is 2.16. The lowest BCUT2D eigenvalue weighted by molar-refractivity contribution is 0.104. The van der Waals surface area contributed by atoms with Gasteiger partial charge in [0.2, 0.25) is 0 Å². The van der Waals surface area contributed by atoms with E-state index in [0.29, 0.717) is 11.1 Å². The van der Waals surface area contributed by atoms with Crippen molar-refractivity contribution in [2.75, 3.05) is 0 Å². The second-order valence-corrected chi connectivity index (χ2v) is 5.47. The van der Waals surface area contributed by atoms with Crippen molar-refractivity contribution in [1.29, 1.82) is 0 Å². The molecular formula is C20H14O2. The van der Waals surface area contributed by atoms with Crippen LogP contribution in [0.15, 0.2) is 71.1 Å². The predicted molar refractivity (Wildman–Crippen MR) is 88.3 cm³/mol. The number of furan rings is 1. The van der Waals surface area contributed by atoms with Crippen LogP contribution in [0.3, 0.4) is 0 Å². The smallest absolute Gasteiger partial charge is 0.193 e.